The monoisotopic (exact) mass is 566 g/mol. The first kappa shape index (κ1) is 27.3. The van der Waals surface area contributed by atoms with E-state index >= 15 is 0 Å². The molecule has 0 aliphatic carbocycles. The summed E-state index contributed by atoms with van der Waals surface area (Å²) < 4.78 is 5.45. The first-order chi connectivity index (χ1) is 19.4. The Kier molecular flexibility index (Phi) is 8.39. The van der Waals surface area contributed by atoms with Gasteiger partial charge in [0.1, 0.15) is 11.0 Å². The van der Waals surface area contributed by atoms with Crippen molar-refractivity contribution in [2.75, 3.05) is 17.7 Å². The Bertz CT molecular complexity index is 1690. The lowest BCUT2D eigenvalue weighted by Crippen LogP contribution is -2.19. The van der Waals surface area contributed by atoms with Crippen LogP contribution in [-0.2, 0) is 4.79 Å². The van der Waals surface area contributed by atoms with Gasteiger partial charge in [-0.1, -0.05) is 78.3 Å². The summed E-state index contributed by atoms with van der Waals surface area (Å²) in [6, 6.07) is 34.1. The summed E-state index contributed by atoms with van der Waals surface area (Å²) in [5.74, 6) is 0.0800. The van der Waals surface area contributed by atoms with Gasteiger partial charge in [0.2, 0.25) is 5.91 Å². The predicted octanol–water partition coefficient (Wildman–Crippen LogP) is 8.53. The third-order valence-electron chi connectivity index (χ3n) is 6.44. The number of hydrogen-bond donors (Lipinski definition) is 2. The van der Waals surface area contributed by atoms with Crippen LogP contribution in [-0.4, -0.2) is 18.9 Å². The van der Waals surface area contributed by atoms with Gasteiger partial charge in [-0.15, -0.1) is 11.8 Å². The van der Waals surface area contributed by atoms with Gasteiger partial charge in [0.25, 0.3) is 5.91 Å². The smallest absolute Gasteiger partial charge is 0.255 e. The van der Waals surface area contributed by atoms with Crippen LogP contribution in [0.3, 0.4) is 0 Å². The Morgan fingerprint density at radius 1 is 0.800 bits per heavy atom. The second-order valence-electron chi connectivity index (χ2n) is 9.24. The van der Waals surface area contributed by atoms with Crippen LogP contribution in [0, 0.1) is 6.92 Å². The molecule has 0 bridgehead atoms. The van der Waals surface area contributed by atoms with E-state index in [0.29, 0.717) is 27.7 Å². The van der Waals surface area contributed by atoms with E-state index in [1.54, 1.807) is 12.1 Å². The van der Waals surface area contributed by atoms with Crippen LogP contribution in [0.1, 0.15) is 26.7 Å². The molecule has 0 aromatic heterocycles. The van der Waals surface area contributed by atoms with Crippen molar-refractivity contribution in [3.8, 4) is 5.75 Å². The fourth-order valence-electron chi connectivity index (χ4n) is 4.35. The average molecular weight is 567 g/mol. The fourth-order valence-corrected chi connectivity index (χ4v) is 5.58. The molecule has 200 valence electrons. The zero-order valence-corrected chi connectivity index (χ0v) is 23.6. The van der Waals surface area contributed by atoms with Crippen LogP contribution in [0.15, 0.2) is 114 Å². The Morgan fingerprint density at radius 2 is 1.55 bits per heavy atom. The van der Waals surface area contributed by atoms with Gasteiger partial charge in [0.05, 0.1) is 12.8 Å². The number of nitrogens with one attached hydrogen (secondary N) is 2. The van der Waals surface area contributed by atoms with E-state index in [1.807, 2.05) is 104 Å². The minimum atomic E-state index is -0.562. The molecule has 0 radical (unpaired) electrons. The number of thioether (sulfide) groups is 1. The lowest BCUT2D eigenvalue weighted by molar-refractivity contribution is -0.115. The summed E-state index contributed by atoms with van der Waals surface area (Å²) in [6.45, 7) is 1.87. The number of hydrogen-bond acceptors (Lipinski definition) is 4. The summed E-state index contributed by atoms with van der Waals surface area (Å²) >= 11 is 7.65. The van der Waals surface area contributed by atoms with E-state index in [1.165, 1.54) is 18.9 Å². The zero-order chi connectivity index (χ0) is 28.1. The van der Waals surface area contributed by atoms with Gasteiger partial charge in [-0.2, -0.15) is 0 Å². The van der Waals surface area contributed by atoms with E-state index in [9.17, 15) is 9.59 Å². The van der Waals surface area contributed by atoms with Gasteiger partial charge in [0.15, 0.2) is 0 Å². The summed E-state index contributed by atoms with van der Waals surface area (Å²) in [4.78, 5) is 27.5. The summed E-state index contributed by atoms with van der Waals surface area (Å²) in [5.41, 5.74) is 3.44. The maximum absolute atomic E-state index is 13.6. The number of amides is 2. The van der Waals surface area contributed by atoms with Crippen molar-refractivity contribution in [2.24, 2.45) is 0 Å². The maximum Gasteiger partial charge on any atom is 0.255 e. The highest BCUT2D eigenvalue weighted by atomic mass is 35.5. The Morgan fingerprint density at radius 3 is 2.33 bits per heavy atom. The van der Waals surface area contributed by atoms with Crippen molar-refractivity contribution in [1.29, 1.82) is 0 Å². The second-order valence-corrected chi connectivity index (χ2v) is 10.8. The van der Waals surface area contributed by atoms with Crippen molar-refractivity contribution >= 4 is 57.3 Å². The molecular weight excluding hydrogens is 540 g/mol. The van der Waals surface area contributed by atoms with E-state index in [0.717, 1.165) is 26.8 Å². The number of methoxy groups -OCH3 is 1. The minimum Gasteiger partial charge on any atom is -0.495 e. The molecule has 1 atom stereocenters. The topological polar surface area (TPSA) is 67.4 Å². The molecule has 2 N–H and O–H groups in total. The van der Waals surface area contributed by atoms with Gasteiger partial charge < -0.3 is 15.4 Å². The summed E-state index contributed by atoms with van der Waals surface area (Å²) in [6.07, 6.45) is 0. The SMILES string of the molecule is COc1cc(Cl)c(C)cc1NC(=O)C(Sc1cccc(NC(=O)c2ccc3ccccc3c2)c1)c1ccccc1. The molecule has 0 heterocycles. The third-order valence-corrected chi connectivity index (χ3v) is 8.09. The largest absolute Gasteiger partial charge is 0.495 e. The average Bonchev–Trinajstić information content (AvgIpc) is 2.98. The lowest BCUT2D eigenvalue weighted by Gasteiger charge is -2.19. The van der Waals surface area contributed by atoms with Gasteiger partial charge in [-0.05, 0) is 65.2 Å². The van der Waals surface area contributed by atoms with E-state index in [4.69, 9.17) is 16.3 Å². The molecule has 5 rings (SSSR count). The Labute approximate surface area is 242 Å². The van der Waals surface area contributed by atoms with Gasteiger partial charge in [0, 0.05) is 27.2 Å². The van der Waals surface area contributed by atoms with Gasteiger partial charge in [-0.3, -0.25) is 9.59 Å². The van der Waals surface area contributed by atoms with Crippen LogP contribution in [0.25, 0.3) is 10.8 Å². The summed E-state index contributed by atoms with van der Waals surface area (Å²) in [7, 11) is 1.54. The van der Waals surface area contributed by atoms with Crippen molar-refractivity contribution in [3.05, 3.63) is 131 Å². The molecule has 5 nitrogen and oxygen atoms in total. The summed E-state index contributed by atoms with van der Waals surface area (Å²) in [5, 5.41) is 8.09. The van der Waals surface area contributed by atoms with E-state index in [2.05, 4.69) is 10.6 Å². The number of benzene rings is 5. The van der Waals surface area contributed by atoms with Crippen molar-refractivity contribution < 1.29 is 14.3 Å². The molecule has 1 unspecified atom stereocenters. The number of aryl methyl sites for hydroxylation is 1. The number of carbonyl (C=O) groups excluding carboxylic acids is 2. The van der Waals surface area contributed by atoms with E-state index in [-0.39, 0.29) is 11.8 Å². The Hall–Kier alpha value is -4.26. The zero-order valence-electron chi connectivity index (χ0n) is 22.0. The van der Waals surface area contributed by atoms with Gasteiger partial charge in [-0.25, -0.2) is 0 Å². The molecule has 0 fully saturated rings. The van der Waals surface area contributed by atoms with Crippen LogP contribution in [0.4, 0.5) is 11.4 Å². The molecule has 0 aliphatic rings. The molecule has 5 aromatic rings. The molecule has 0 spiro atoms. The van der Waals surface area contributed by atoms with Gasteiger partial charge >= 0.3 is 0 Å². The number of fused-ring (bicyclic) bond motifs is 1. The standard InChI is InChI=1S/C33H27ClN2O3S/c1-21-17-29(30(39-2)20-28(21)34)36-33(38)31(23-10-4-3-5-11-23)40-27-14-8-13-26(19-27)35-32(37)25-16-15-22-9-6-7-12-24(22)18-25/h3-20,31H,1-2H3,(H,35,37)(H,36,38). The highest BCUT2D eigenvalue weighted by Crippen LogP contribution is 2.39. The van der Waals surface area contributed by atoms with Crippen LogP contribution in [0.5, 0.6) is 5.75 Å². The second kappa shape index (κ2) is 12.3. The van der Waals surface area contributed by atoms with E-state index < -0.39 is 5.25 Å². The normalized spacial score (nSPS) is 11.6. The number of ether oxygens (including phenoxy) is 1. The first-order valence-electron chi connectivity index (χ1n) is 12.7. The lowest BCUT2D eigenvalue weighted by atomic mass is 10.1. The number of halogens is 1. The third kappa shape index (κ3) is 6.30. The molecular formula is C33H27ClN2O3S. The molecule has 7 heteroatoms. The predicted molar refractivity (Wildman–Crippen MR) is 165 cm³/mol. The van der Waals surface area contributed by atoms with Crippen molar-refractivity contribution in [3.63, 3.8) is 0 Å². The molecule has 2 amide bonds. The number of anilines is 2. The molecule has 40 heavy (non-hydrogen) atoms. The molecule has 0 saturated heterocycles. The van der Waals surface area contributed by atoms with Crippen LogP contribution < -0.4 is 15.4 Å². The quantitative estimate of drug-likeness (QED) is 0.185. The van der Waals surface area contributed by atoms with Crippen molar-refractivity contribution in [2.45, 2.75) is 17.1 Å². The first-order valence-corrected chi connectivity index (χ1v) is 13.9. The maximum atomic E-state index is 13.6. The van der Waals surface area contributed by atoms with Crippen LogP contribution >= 0.6 is 23.4 Å². The molecule has 5 aromatic carbocycles. The molecule has 0 saturated carbocycles. The fraction of sp³-hybridized carbons (Fsp3) is 0.0909. The highest BCUT2D eigenvalue weighted by molar-refractivity contribution is 8.00. The number of carbonyl (C=O) groups is 2. The van der Waals surface area contributed by atoms with Crippen molar-refractivity contribution in [1.82, 2.24) is 0 Å². The number of rotatable bonds is 8. The minimum absolute atomic E-state index is 0.199. The highest BCUT2D eigenvalue weighted by Gasteiger charge is 2.24. The molecule has 0 aliphatic heterocycles. The van der Waals surface area contributed by atoms with Crippen LogP contribution in [0.2, 0.25) is 5.02 Å². The Balaban J connectivity index is 1.37.